The van der Waals surface area contributed by atoms with Gasteiger partial charge in [-0.1, -0.05) is 273 Å². The molecule has 1 unspecified atom stereocenters. The van der Waals surface area contributed by atoms with Crippen molar-refractivity contribution in [2.75, 3.05) is 13.2 Å². The molecule has 0 aliphatic rings. The molecular weight excluding hydrogens is 901 g/mol. The highest BCUT2D eigenvalue weighted by Crippen LogP contribution is 2.16. The summed E-state index contributed by atoms with van der Waals surface area (Å²) in [4.78, 5) is 38.1. The van der Waals surface area contributed by atoms with Crippen molar-refractivity contribution in [1.29, 1.82) is 0 Å². The van der Waals surface area contributed by atoms with E-state index in [-0.39, 0.29) is 31.1 Å². The molecule has 0 rings (SSSR count). The lowest BCUT2D eigenvalue weighted by molar-refractivity contribution is -0.167. The Hall–Kier alpha value is -3.41. The Labute approximate surface area is 452 Å². The van der Waals surface area contributed by atoms with Gasteiger partial charge >= 0.3 is 17.9 Å². The van der Waals surface area contributed by atoms with E-state index in [1.54, 1.807) is 0 Å². The van der Waals surface area contributed by atoms with Gasteiger partial charge in [-0.15, -0.1) is 0 Å². The maximum Gasteiger partial charge on any atom is 0.306 e. The molecular formula is C67H116O6. The van der Waals surface area contributed by atoms with Crippen LogP contribution in [0.4, 0.5) is 0 Å². The average molecular weight is 1020 g/mol. The second-order valence-corrected chi connectivity index (χ2v) is 20.6. The fraction of sp³-hybridized carbons (Fsp3) is 0.746. The third-order valence-electron chi connectivity index (χ3n) is 13.4. The van der Waals surface area contributed by atoms with Gasteiger partial charge in [0.2, 0.25) is 0 Å². The third kappa shape index (κ3) is 59.3. The highest BCUT2D eigenvalue weighted by atomic mass is 16.6. The molecule has 0 saturated heterocycles. The van der Waals surface area contributed by atoms with Gasteiger partial charge in [0.05, 0.1) is 0 Å². The Kier molecular flexibility index (Phi) is 58.3. The lowest BCUT2D eigenvalue weighted by atomic mass is 10.1. The highest BCUT2D eigenvalue weighted by molar-refractivity contribution is 5.71. The van der Waals surface area contributed by atoms with E-state index >= 15 is 0 Å². The van der Waals surface area contributed by atoms with Crippen LogP contribution >= 0.6 is 0 Å². The standard InChI is InChI=1S/C67H116O6/c1-4-7-10-13-16-19-21-23-25-27-29-30-31-32-33-34-35-36-38-39-41-43-45-48-51-54-57-60-66(69)72-63-64(62-71-65(68)59-56-53-50-47-18-15-12-9-6-3)73-67(70)61-58-55-52-49-46-44-42-40-37-28-26-24-22-20-17-14-11-8-5-2/h7,10,16,19,23-26,29-30,32-33,35-36,64H,4-6,8-9,11-15,17-18,20-22,27-28,31,34,37-63H2,1-3H3/b10-7-,19-16-,25-23-,26-24-,30-29-,33-32-,36-35-. The monoisotopic (exact) mass is 1020 g/mol. The molecule has 0 amide bonds. The summed E-state index contributed by atoms with van der Waals surface area (Å²) in [6.45, 7) is 6.52. The van der Waals surface area contributed by atoms with Crippen LogP contribution in [0.1, 0.15) is 303 Å². The summed E-state index contributed by atoms with van der Waals surface area (Å²) in [7, 11) is 0. The predicted molar refractivity (Wildman–Crippen MR) is 316 cm³/mol. The van der Waals surface area contributed by atoms with Crippen LogP contribution in [0.5, 0.6) is 0 Å². The van der Waals surface area contributed by atoms with Gasteiger partial charge < -0.3 is 14.2 Å². The van der Waals surface area contributed by atoms with E-state index in [1.807, 2.05) is 0 Å². The Balaban J connectivity index is 4.24. The van der Waals surface area contributed by atoms with Crippen LogP contribution in [0.15, 0.2) is 85.1 Å². The molecule has 0 heterocycles. The van der Waals surface area contributed by atoms with Crippen molar-refractivity contribution in [2.24, 2.45) is 0 Å². The third-order valence-corrected chi connectivity index (χ3v) is 13.4. The van der Waals surface area contributed by atoms with Crippen molar-refractivity contribution in [3.63, 3.8) is 0 Å². The quantitative estimate of drug-likeness (QED) is 0.0261. The molecule has 0 N–H and O–H groups in total. The van der Waals surface area contributed by atoms with Gasteiger partial charge in [0.25, 0.3) is 0 Å². The maximum absolute atomic E-state index is 12.9. The molecule has 420 valence electrons. The first-order chi connectivity index (χ1) is 36.0. The summed E-state index contributed by atoms with van der Waals surface area (Å²) in [5.41, 5.74) is 0. The second kappa shape index (κ2) is 61.1. The van der Waals surface area contributed by atoms with E-state index in [9.17, 15) is 14.4 Å². The van der Waals surface area contributed by atoms with Crippen LogP contribution in [0.2, 0.25) is 0 Å². The van der Waals surface area contributed by atoms with Gasteiger partial charge in [0, 0.05) is 19.3 Å². The number of rotatable bonds is 56. The molecule has 0 saturated carbocycles. The molecule has 0 aliphatic heterocycles. The van der Waals surface area contributed by atoms with E-state index in [1.165, 1.54) is 161 Å². The van der Waals surface area contributed by atoms with Gasteiger partial charge in [0.15, 0.2) is 6.10 Å². The first kappa shape index (κ1) is 69.6. The lowest BCUT2D eigenvalue weighted by Gasteiger charge is -2.18. The van der Waals surface area contributed by atoms with E-state index < -0.39 is 6.10 Å². The summed E-state index contributed by atoms with van der Waals surface area (Å²) in [6.07, 6.45) is 80.2. The van der Waals surface area contributed by atoms with Gasteiger partial charge in [-0.05, 0) is 96.3 Å². The van der Waals surface area contributed by atoms with Crippen LogP contribution in [0.25, 0.3) is 0 Å². The fourth-order valence-corrected chi connectivity index (χ4v) is 8.74. The highest BCUT2D eigenvalue weighted by Gasteiger charge is 2.19. The molecule has 0 spiro atoms. The van der Waals surface area contributed by atoms with Crippen LogP contribution in [0.3, 0.4) is 0 Å². The number of allylic oxidation sites excluding steroid dienone is 14. The van der Waals surface area contributed by atoms with Crippen LogP contribution < -0.4 is 0 Å². The van der Waals surface area contributed by atoms with Gasteiger partial charge in [-0.3, -0.25) is 14.4 Å². The number of esters is 3. The zero-order chi connectivity index (χ0) is 52.9. The minimum Gasteiger partial charge on any atom is -0.462 e. The zero-order valence-corrected chi connectivity index (χ0v) is 48.1. The molecule has 0 radical (unpaired) electrons. The topological polar surface area (TPSA) is 78.9 Å². The maximum atomic E-state index is 12.9. The van der Waals surface area contributed by atoms with Crippen molar-refractivity contribution < 1.29 is 28.6 Å². The molecule has 0 fully saturated rings. The van der Waals surface area contributed by atoms with E-state index in [0.717, 1.165) is 103 Å². The minimum absolute atomic E-state index is 0.0772. The number of carbonyl (C=O) groups is 3. The minimum atomic E-state index is -0.779. The molecule has 0 aromatic heterocycles. The number of unbranched alkanes of at least 4 members (excludes halogenated alkanes) is 31. The number of hydrogen-bond acceptors (Lipinski definition) is 6. The summed E-state index contributed by atoms with van der Waals surface area (Å²) in [5.74, 6) is -0.881. The molecule has 6 heteroatoms. The van der Waals surface area contributed by atoms with E-state index in [4.69, 9.17) is 14.2 Å². The Morgan fingerprint density at radius 2 is 0.534 bits per heavy atom. The Morgan fingerprint density at radius 1 is 0.288 bits per heavy atom. The second-order valence-electron chi connectivity index (χ2n) is 20.6. The van der Waals surface area contributed by atoms with Crippen LogP contribution in [-0.4, -0.2) is 37.2 Å². The predicted octanol–water partition coefficient (Wildman–Crippen LogP) is 21.1. The molecule has 0 aromatic carbocycles. The van der Waals surface area contributed by atoms with Gasteiger partial charge in [-0.2, -0.15) is 0 Å². The molecule has 0 aliphatic carbocycles. The van der Waals surface area contributed by atoms with Crippen LogP contribution in [0, 0.1) is 0 Å². The van der Waals surface area contributed by atoms with Crippen LogP contribution in [-0.2, 0) is 28.6 Å². The largest absolute Gasteiger partial charge is 0.462 e. The van der Waals surface area contributed by atoms with E-state index in [0.29, 0.717) is 19.3 Å². The summed E-state index contributed by atoms with van der Waals surface area (Å²) >= 11 is 0. The molecule has 0 bridgehead atoms. The van der Waals surface area contributed by atoms with Crippen molar-refractivity contribution in [1.82, 2.24) is 0 Å². The Bertz CT molecular complexity index is 1400. The van der Waals surface area contributed by atoms with Gasteiger partial charge in [-0.25, -0.2) is 0 Å². The molecule has 73 heavy (non-hydrogen) atoms. The molecule has 0 aromatic rings. The van der Waals surface area contributed by atoms with Crippen molar-refractivity contribution in [3.8, 4) is 0 Å². The first-order valence-electron chi connectivity index (χ1n) is 31.1. The van der Waals surface area contributed by atoms with Crippen molar-refractivity contribution in [3.05, 3.63) is 85.1 Å². The first-order valence-corrected chi connectivity index (χ1v) is 31.1. The number of ether oxygens (including phenoxy) is 3. The van der Waals surface area contributed by atoms with Gasteiger partial charge in [0.1, 0.15) is 13.2 Å². The number of carbonyl (C=O) groups excluding carboxylic acids is 3. The van der Waals surface area contributed by atoms with E-state index in [2.05, 4.69) is 106 Å². The fourth-order valence-electron chi connectivity index (χ4n) is 8.74. The zero-order valence-electron chi connectivity index (χ0n) is 48.1. The summed E-state index contributed by atoms with van der Waals surface area (Å²) in [5, 5.41) is 0. The normalized spacial score (nSPS) is 12.6. The molecule has 1 atom stereocenters. The lowest BCUT2D eigenvalue weighted by Crippen LogP contribution is -2.30. The summed E-state index contributed by atoms with van der Waals surface area (Å²) in [6, 6.07) is 0. The average Bonchev–Trinajstić information content (AvgIpc) is 3.39. The molecule has 6 nitrogen and oxygen atoms in total. The van der Waals surface area contributed by atoms with Crippen molar-refractivity contribution in [2.45, 2.75) is 309 Å². The van der Waals surface area contributed by atoms with Crippen molar-refractivity contribution >= 4 is 17.9 Å². The summed E-state index contributed by atoms with van der Waals surface area (Å²) < 4.78 is 16.9. The number of hydrogen-bond donors (Lipinski definition) is 0. The SMILES string of the molecule is CC/C=C\C/C=C\C/C=C\C/C=C\C/C=C\C/C=C\CCCCCCCCCCC(=O)OCC(COC(=O)CCCCCCCCCCC)OC(=O)CCCCCCCCCCC/C=C\CCCCCCCC. The Morgan fingerprint density at radius 3 is 0.849 bits per heavy atom. The smallest absolute Gasteiger partial charge is 0.306 e.